The van der Waals surface area contributed by atoms with Crippen molar-refractivity contribution in [3.8, 4) is 0 Å². The SMILES string of the molecule is CC(C)(C)[C@H](N)C(=O)N1CCN(Cc2ccc(Cl)s2)CC1.Cl.Cl. The van der Waals surface area contributed by atoms with Gasteiger partial charge < -0.3 is 10.6 Å². The van der Waals surface area contributed by atoms with Gasteiger partial charge >= 0.3 is 0 Å². The van der Waals surface area contributed by atoms with Crippen molar-refractivity contribution in [1.29, 1.82) is 0 Å². The molecule has 1 aliphatic heterocycles. The highest BCUT2D eigenvalue weighted by molar-refractivity contribution is 7.16. The number of halogens is 3. The zero-order chi connectivity index (χ0) is 15.6. The maximum absolute atomic E-state index is 12.4. The first kappa shape index (κ1) is 23.0. The minimum atomic E-state index is -0.430. The highest BCUT2D eigenvalue weighted by Gasteiger charge is 2.32. The van der Waals surface area contributed by atoms with Gasteiger partial charge in [0.25, 0.3) is 0 Å². The number of carbonyl (C=O) groups excluding carboxylic acids is 1. The molecule has 1 amide bonds. The van der Waals surface area contributed by atoms with Gasteiger partial charge in [-0.2, -0.15) is 0 Å². The van der Waals surface area contributed by atoms with Crippen molar-refractivity contribution >= 4 is 53.7 Å². The molecule has 23 heavy (non-hydrogen) atoms. The summed E-state index contributed by atoms with van der Waals surface area (Å²) in [5.74, 6) is 0.0707. The molecule has 1 fully saturated rings. The molecule has 0 radical (unpaired) electrons. The summed E-state index contributed by atoms with van der Waals surface area (Å²) in [7, 11) is 0. The summed E-state index contributed by atoms with van der Waals surface area (Å²) in [4.78, 5) is 17.9. The second kappa shape index (κ2) is 9.44. The van der Waals surface area contributed by atoms with E-state index in [1.54, 1.807) is 11.3 Å². The molecular weight excluding hydrogens is 377 g/mol. The first-order chi connectivity index (χ1) is 9.77. The number of piperazine rings is 1. The van der Waals surface area contributed by atoms with E-state index in [0.717, 1.165) is 37.1 Å². The van der Waals surface area contributed by atoms with Crippen LogP contribution in [0, 0.1) is 5.41 Å². The van der Waals surface area contributed by atoms with E-state index >= 15 is 0 Å². The Hall–Kier alpha value is -0.0400. The van der Waals surface area contributed by atoms with Gasteiger partial charge in [-0.15, -0.1) is 36.2 Å². The van der Waals surface area contributed by atoms with Gasteiger partial charge in [0.05, 0.1) is 10.4 Å². The maximum Gasteiger partial charge on any atom is 0.240 e. The van der Waals surface area contributed by atoms with Gasteiger partial charge in [-0.05, 0) is 17.5 Å². The number of nitrogens with two attached hydrogens (primary N) is 1. The largest absolute Gasteiger partial charge is 0.339 e. The molecule has 1 aliphatic rings. The molecule has 0 bridgehead atoms. The molecule has 0 saturated carbocycles. The molecule has 8 heteroatoms. The van der Waals surface area contributed by atoms with Crippen molar-refractivity contribution in [3.63, 3.8) is 0 Å². The minimum Gasteiger partial charge on any atom is -0.339 e. The Morgan fingerprint density at radius 1 is 1.26 bits per heavy atom. The van der Waals surface area contributed by atoms with E-state index in [1.807, 2.05) is 31.7 Å². The lowest BCUT2D eigenvalue weighted by atomic mass is 9.86. The molecule has 0 aliphatic carbocycles. The van der Waals surface area contributed by atoms with Crippen LogP contribution in [-0.2, 0) is 11.3 Å². The van der Waals surface area contributed by atoms with E-state index in [-0.39, 0.29) is 36.1 Å². The van der Waals surface area contributed by atoms with E-state index in [0.29, 0.717) is 0 Å². The predicted octanol–water partition coefficient (Wildman–Crippen LogP) is 3.26. The van der Waals surface area contributed by atoms with E-state index in [1.165, 1.54) is 4.88 Å². The molecule has 2 heterocycles. The maximum atomic E-state index is 12.4. The number of thiophene rings is 1. The van der Waals surface area contributed by atoms with Gasteiger partial charge in [0.15, 0.2) is 0 Å². The standard InChI is InChI=1S/C15H24ClN3OS.2ClH/c1-15(2,3)13(17)14(20)19-8-6-18(7-9-19)10-11-4-5-12(16)21-11;;/h4-5,13H,6-10,17H2,1-3H3;2*1H/t13-;;/m1../s1. The highest BCUT2D eigenvalue weighted by Crippen LogP contribution is 2.23. The van der Waals surface area contributed by atoms with E-state index in [9.17, 15) is 4.79 Å². The minimum absolute atomic E-state index is 0. The van der Waals surface area contributed by atoms with Crippen molar-refractivity contribution in [2.45, 2.75) is 33.4 Å². The summed E-state index contributed by atoms with van der Waals surface area (Å²) >= 11 is 7.57. The average Bonchev–Trinajstić information content (AvgIpc) is 2.82. The summed E-state index contributed by atoms with van der Waals surface area (Å²) in [6, 6.07) is 3.57. The molecule has 1 saturated heterocycles. The van der Waals surface area contributed by atoms with Crippen molar-refractivity contribution in [3.05, 3.63) is 21.3 Å². The fraction of sp³-hybridized carbons (Fsp3) is 0.667. The first-order valence-electron chi connectivity index (χ1n) is 7.28. The van der Waals surface area contributed by atoms with Crippen molar-refractivity contribution < 1.29 is 4.79 Å². The van der Waals surface area contributed by atoms with Crippen LogP contribution < -0.4 is 5.73 Å². The molecule has 2 N–H and O–H groups in total. The van der Waals surface area contributed by atoms with Gasteiger partial charge in [-0.3, -0.25) is 9.69 Å². The average molecular weight is 403 g/mol. The Morgan fingerprint density at radius 3 is 2.26 bits per heavy atom. The van der Waals surface area contributed by atoms with Gasteiger partial charge in [-0.1, -0.05) is 32.4 Å². The third kappa shape index (κ3) is 6.40. The van der Waals surface area contributed by atoms with Crippen molar-refractivity contribution in [1.82, 2.24) is 9.80 Å². The lowest BCUT2D eigenvalue weighted by Gasteiger charge is -2.38. The fourth-order valence-corrected chi connectivity index (χ4v) is 3.48. The molecule has 1 atom stereocenters. The molecule has 0 unspecified atom stereocenters. The van der Waals surface area contributed by atoms with E-state index < -0.39 is 6.04 Å². The van der Waals surface area contributed by atoms with Crippen LogP contribution in [0.25, 0.3) is 0 Å². The molecule has 0 spiro atoms. The molecule has 4 nitrogen and oxygen atoms in total. The van der Waals surface area contributed by atoms with Crippen LogP contribution in [0.1, 0.15) is 25.6 Å². The Morgan fingerprint density at radius 2 is 1.83 bits per heavy atom. The Bertz CT molecular complexity index is 496. The lowest BCUT2D eigenvalue weighted by Crippen LogP contribution is -2.55. The van der Waals surface area contributed by atoms with Crippen LogP contribution >= 0.6 is 47.8 Å². The lowest BCUT2D eigenvalue weighted by molar-refractivity contribution is -0.136. The molecule has 1 aromatic heterocycles. The third-order valence-electron chi connectivity index (χ3n) is 3.89. The van der Waals surface area contributed by atoms with Crippen LogP contribution in [0.2, 0.25) is 4.34 Å². The number of hydrogen-bond acceptors (Lipinski definition) is 4. The van der Waals surface area contributed by atoms with Crippen molar-refractivity contribution in [2.75, 3.05) is 26.2 Å². The quantitative estimate of drug-likeness (QED) is 0.844. The van der Waals surface area contributed by atoms with Crippen LogP contribution in [0.3, 0.4) is 0 Å². The smallest absolute Gasteiger partial charge is 0.240 e. The monoisotopic (exact) mass is 401 g/mol. The van der Waals surface area contributed by atoms with E-state index in [2.05, 4.69) is 11.0 Å². The first-order valence-corrected chi connectivity index (χ1v) is 8.48. The molecule has 134 valence electrons. The zero-order valence-electron chi connectivity index (χ0n) is 13.8. The van der Waals surface area contributed by atoms with Crippen LogP contribution in [-0.4, -0.2) is 47.9 Å². The highest BCUT2D eigenvalue weighted by atomic mass is 35.5. The number of carbonyl (C=O) groups is 1. The van der Waals surface area contributed by atoms with E-state index in [4.69, 9.17) is 17.3 Å². The topological polar surface area (TPSA) is 49.6 Å². The molecule has 2 rings (SSSR count). The van der Waals surface area contributed by atoms with Gasteiger partial charge in [-0.25, -0.2) is 0 Å². The fourth-order valence-electron chi connectivity index (χ4n) is 2.35. The summed E-state index contributed by atoms with van der Waals surface area (Å²) in [5.41, 5.74) is 5.88. The van der Waals surface area contributed by atoms with Crippen molar-refractivity contribution in [2.24, 2.45) is 11.1 Å². The van der Waals surface area contributed by atoms with Crippen LogP contribution in [0.5, 0.6) is 0 Å². The van der Waals surface area contributed by atoms with Gasteiger partial charge in [0.1, 0.15) is 0 Å². The Kier molecular flexibility index (Phi) is 9.43. The molecule has 0 aromatic carbocycles. The predicted molar refractivity (Wildman–Crippen MR) is 103 cm³/mol. The normalized spacial score (nSPS) is 17.2. The van der Waals surface area contributed by atoms with Gasteiger partial charge in [0, 0.05) is 37.6 Å². The second-order valence-electron chi connectivity index (χ2n) is 6.65. The second-order valence-corrected chi connectivity index (χ2v) is 8.45. The summed E-state index contributed by atoms with van der Waals surface area (Å²) < 4.78 is 0.829. The number of rotatable bonds is 3. The Balaban J connectivity index is 0.00000242. The van der Waals surface area contributed by atoms with Gasteiger partial charge in [0.2, 0.25) is 5.91 Å². The molecular formula is C15H26Cl3N3OS. The molecule has 1 aromatic rings. The summed E-state index contributed by atoms with van der Waals surface area (Å²) in [6.07, 6.45) is 0. The number of amides is 1. The summed E-state index contributed by atoms with van der Waals surface area (Å²) in [6.45, 7) is 10.2. The number of hydrogen-bond donors (Lipinski definition) is 1. The van der Waals surface area contributed by atoms with Crippen LogP contribution in [0.15, 0.2) is 12.1 Å². The third-order valence-corrected chi connectivity index (χ3v) is 5.11. The zero-order valence-corrected chi connectivity index (χ0v) is 17.0. The summed E-state index contributed by atoms with van der Waals surface area (Å²) in [5, 5.41) is 0. The Labute approximate surface area is 160 Å². The van der Waals surface area contributed by atoms with Crippen LogP contribution in [0.4, 0.5) is 0 Å². The number of nitrogens with zero attached hydrogens (tertiary/aromatic N) is 2.